The summed E-state index contributed by atoms with van der Waals surface area (Å²) in [5, 5.41) is 5.04. The molecule has 2 aliphatic heterocycles. The van der Waals surface area contributed by atoms with E-state index in [1.165, 1.54) is 59.5 Å². The lowest BCUT2D eigenvalue weighted by Gasteiger charge is -2.45. The monoisotopic (exact) mass is 637 g/mol. The molecule has 8 aromatic rings. The van der Waals surface area contributed by atoms with E-state index in [0.717, 1.165) is 15.9 Å². The van der Waals surface area contributed by atoms with Gasteiger partial charge in [-0.15, -0.1) is 0 Å². The molecule has 47 heavy (non-hydrogen) atoms. The normalized spacial score (nSPS) is 16.2. The highest BCUT2D eigenvalue weighted by molar-refractivity contribution is 7.99. The van der Waals surface area contributed by atoms with E-state index in [1.807, 2.05) is 72.4 Å². The van der Waals surface area contributed by atoms with Crippen LogP contribution < -0.4 is 15.9 Å². The molecule has 0 bridgehead atoms. The number of benzene rings is 7. The molecule has 0 fully saturated rings. The molecule has 1 atom stereocenters. The fraction of sp³-hybridized carbons (Fsp3) is 0.0233. The van der Waals surface area contributed by atoms with Gasteiger partial charge < -0.3 is 9.13 Å². The molecule has 7 aromatic carbocycles. The first kappa shape index (κ1) is 27.1. The zero-order chi connectivity index (χ0) is 31.2. The van der Waals surface area contributed by atoms with Gasteiger partial charge in [-0.1, -0.05) is 145 Å². The highest BCUT2D eigenvalue weighted by Gasteiger charge is 2.50. The second-order valence-electron chi connectivity index (χ2n) is 12.4. The van der Waals surface area contributed by atoms with Gasteiger partial charge in [0, 0.05) is 36.5 Å². The summed E-state index contributed by atoms with van der Waals surface area (Å²) >= 11 is 1.82. The van der Waals surface area contributed by atoms with Gasteiger partial charge >= 0.3 is 0 Å². The maximum atomic E-state index is 15.8. The molecule has 0 N–H and O–H groups in total. The Balaban J connectivity index is 1.38. The van der Waals surface area contributed by atoms with E-state index in [2.05, 4.69) is 114 Å². The molecule has 2 aliphatic rings. The van der Waals surface area contributed by atoms with Crippen LogP contribution in [0.1, 0.15) is 22.3 Å². The van der Waals surface area contributed by atoms with E-state index < -0.39 is 12.6 Å². The van der Waals surface area contributed by atoms with Crippen molar-refractivity contribution in [2.24, 2.45) is 0 Å². The Kier molecular flexibility index (Phi) is 5.74. The van der Waals surface area contributed by atoms with Crippen molar-refractivity contribution in [3.63, 3.8) is 0 Å². The molecule has 0 saturated carbocycles. The van der Waals surface area contributed by atoms with E-state index in [9.17, 15) is 0 Å². The van der Waals surface area contributed by atoms with Crippen LogP contribution in [0.15, 0.2) is 180 Å². The van der Waals surface area contributed by atoms with Crippen molar-refractivity contribution in [2.75, 3.05) is 0 Å². The second-order valence-corrected chi connectivity index (χ2v) is 16.2. The lowest BCUT2D eigenvalue weighted by atomic mass is 9.63. The average Bonchev–Trinajstić information content (AvgIpc) is 3.49. The summed E-state index contributed by atoms with van der Waals surface area (Å²) < 4.78 is 18.2. The topological polar surface area (TPSA) is 22.0 Å². The molecular weight excluding hydrogens is 610 g/mol. The summed E-state index contributed by atoms with van der Waals surface area (Å²) in [6.45, 7) is 0. The summed E-state index contributed by atoms with van der Waals surface area (Å²) in [6, 6.07) is 60.0. The van der Waals surface area contributed by atoms with Crippen molar-refractivity contribution in [3.05, 3.63) is 192 Å². The highest BCUT2D eigenvalue weighted by atomic mass is 32.2. The number of hydrogen-bond acceptors (Lipinski definition) is 2. The van der Waals surface area contributed by atoms with Crippen LogP contribution in [0.3, 0.4) is 0 Å². The molecule has 1 spiro atoms. The van der Waals surface area contributed by atoms with E-state index >= 15 is 4.57 Å². The molecule has 1 aromatic heterocycles. The van der Waals surface area contributed by atoms with Gasteiger partial charge in [0.2, 0.25) is 0 Å². The Morgan fingerprint density at radius 2 is 1.06 bits per heavy atom. The van der Waals surface area contributed by atoms with Crippen LogP contribution in [0.5, 0.6) is 0 Å². The Hall–Kier alpha value is -5.08. The Morgan fingerprint density at radius 1 is 0.468 bits per heavy atom. The summed E-state index contributed by atoms with van der Waals surface area (Å²) in [4.78, 5) is 2.44. The van der Waals surface area contributed by atoms with Gasteiger partial charge in [0.25, 0.3) is 0 Å². The van der Waals surface area contributed by atoms with Crippen LogP contribution in [0, 0.1) is 0 Å². The van der Waals surface area contributed by atoms with Gasteiger partial charge in [-0.3, -0.25) is 0 Å². The first-order chi connectivity index (χ1) is 23.2. The highest BCUT2D eigenvalue weighted by Crippen LogP contribution is 2.60. The fourth-order valence-corrected chi connectivity index (χ4v) is 12.1. The van der Waals surface area contributed by atoms with Crippen molar-refractivity contribution in [1.82, 2.24) is 4.57 Å². The van der Waals surface area contributed by atoms with E-state index in [-0.39, 0.29) is 0 Å². The number of hydrogen-bond donors (Lipinski definition) is 0. The summed E-state index contributed by atoms with van der Waals surface area (Å²) in [5.74, 6) is 0. The van der Waals surface area contributed by atoms with E-state index in [4.69, 9.17) is 0 Å². The molecule has 4 heteroatoms. The molecule has 3 heterocycles. The van der Waals surface area contributed by atoms with Crippen LogP contribution in [-0.4, -0.2) is 4.57 Å². The lowest BCUT2D eigenvalue weighted by Crippen LogP contribution is -2.38. The smallest absolute Gasteiger partial charge is 0.171 e. The van der Waals surface area contributed by atoms with Crippen molar-refractivity contribution in [3.8, 4) is 5.69 Å². The van der Waals surface area contributed by atoms with Crippen LogP contribution in [-0.2, 0) is 9.98 Å². The van der Waals surface area contributed by atoms with Crippen LogP contribution >= 0.6 is 18.9 Å². The van der Waals surface area contributed by atoms with Gasteiger partial charge in [0.15, 0.2) is 7.14 Å². The SMILES string of the molecule is O=P(c1ccccc1)(c1ccccc1)c1ccc2c(c1)C1(c3ccccc3S2)c2ccccc2-n2c3ccccc3c3cccc1c32. The molecule has 10 rings (SSSR count). The summed E-state index contributed by atoms with van der Waals surface area (Å²) in [6.07, 6.45) is 0. The number of nitrogens with zero attached hydrogens (tertiary/aromatic N) is 1. The number of rotatable bonds is 3. The summed E-state index contributed by atoms with van der Waals surface area (Å²) in [7, 11) is -3.22. The summed E-state index contributed by atoms with van der Waals surface area (Å²) in [5.41, 5.74) is 7.95. The van der Waals surface area contributed by atoms with Gasteiger partial charge in [-0.2, -0.15) is 0 Å². The zero-order valence-corrected chi connectivity index (χ0v) is 27.1. The van der Waals surface area contributed by atoms with E-state index in [1.54, 1.807) is 0 Å². The van der Waals surface area contributed by atoms with Crippen LogP contribution in [0.25, 0.3) is 27.5 Å². The molecule has 2 nitrogen and oxygen atoms in total. The molecular formula is C43H28NOPS. The third-order valence-electron chi connectivity index (χ3n) is 10.1. The van der Waals surface area contributed by atoms with Crippen LogP contribution in [0.4, 0.5) is 0 Å². The Morgan fingerprint density at radius 3 is 1.85 bits per heavy atom. The second kappa shape index (κ2) is 9.96. The minimum atomic E-state index is -3.22. The number of aromatic nitrogens is 1. The van der Waals surface area contributed by atoms with Crippen molar-refractivity contribution >= 4 is 56.6 Å². The first-order valence-electron chi connectivity index (χ1n) is 16.0. The van der Waals surface area contributed by atoms with Gasteiger partial charge in [0.1, 0.15) is 0 Å². The molecule has 1 unspecified atom stereocenters. The fourth-order valence-electron chi connectivity index (χ4n) is 8.23. The first-order valence-corrected chi connectivity index (χ1v) is 18.5. The molecule has 0 radical (unpaired) electrons. The average molecular weight is 638 g/mol. The maximum Gasteiger partial charge on any atom is 0.171 e. The quantitative estimate of drug-likeness (QED) is 0.180. The Labute approximate surface area is 277 Å². The van der Waals surface area contributed by atoms with Crippen molar-refractivity contribution in [2.45, 2.75) is 15.2 Å². The van der Waals surface area contributed by atoms with Crippen molar-refractivity contribution < 1.29 is 4.57 Å². The molecule has 0 amide bonds. The van der Waals surface area contributed by atoms with Crippen molar-refractivity contribution in [1.29, 1.82) is 0 Å². The predicted octanol–water partition coefficient (Wildman–Crippen LogP) is 9.58. The third kappa shape index (κ3) is 3.51. The Bertz CT molecular complexity index is 2550. The third-order valence-corrected chi connectivity index (χ3v) is 14.3. The largest absolute Gasteiger partial charge is 0.309 e. The number of fused-ring (bicyclic) bond motifs is 11. The minimum absolute atomic E-state index is 0.619. The molecule has 0 saturated heterocycles. The standard InChI is InChI=1S/C43H28NOPS/c45-46(29-14-3-1-4-15-29,30-16-5-2-6-17-30)31-26-27-41-37(28-31)43(35-21-9-12-25-40(35)47-41)34-20-8-11-24-39(34)44-38-23-10-7-18-32(38)33-19-13-22-36(43)42(33)44/h1-28H. The molecule has 0 aliphatic carbocycles. The van der Waals surface area contributed by atoms with Crippen LogP contribution in [0.2, 0.25) is 0 Å². The maximum absolute atomic E-state index is 15.8. The van der Waals surface area contributed by atoms with E-state index in [0.29, 0.717) is 0 Å². The van der Waals surface area contributed by atoms with Gasteiger partial charge in [-0.25, -0.2) is 0 Å². The predicted molar refractivity (Wildman–Crippen MR) is 196 cm³/mol. The number of para-hydroxylation sites is 3. The van der Waals surface area contributed by atoms with Gasteiger partial charge in [0.05, 0.1) is 22.1 Å². The minimum Gasteiger partial charge on any atom is -0.309 e. The molecule has 222 valence electrons. The van der Waals surface area contributed by atoms with Gasteiger partial charge in [-0.05, 0) is 58.7 Å². The lowest BCUT2D eigenvalue weighted by molar-refractivity contribution is 0.592. The zero-order valence-electron chi connectivity index (χ0n) is 25.4.